The molecule has 0 aliphatic carbocycles. The minimum atomic E-state index is -3.14. The number of rotatable bonds is 5. The third-order valence-electron chi connectivity index (χ3n) is 3.80. The summed E-state index contributed by atoms with van der Waals surface area (Å²) in [7, 11) is -3.14. The van der Waals surface area contributed by atoms with Crippen molar-refractivity contribution in [2.75, 3.05) is 23.0 Å². The summed E-state index contributed by atoms with van der Waals surface area (Å²) in [6.07, 6.45) is 0.610. The van der Waals surface area contributed by atoms with Crippen LogP contribution in [0.5, 0.6) is 0 Å². The number of carbonyl (C=O) groups is 2. The number of amides is 1. The van der Waals surface area contributed by atoms with E-state index in [9.17, 15) is 18.0 Å². The molecule has 1 amide bonds. The Kier molecular flexibility index (Phi) is 5.41. The van der Waals surface area contributed by atoms with Gasteiger partial charge in [0.25, 0.3) is 0 Å². The molecule has 1 aliphatic rings. The number of benzene rings is 1. The fourth-order valence-electron chi connectivity index (χ4n) is 2.75. The highest BCUT2D eigenvalue weighted by Gasteiger charge is 2.36. The predicted molar refractivity (Wildman–Crippen MR) is 87.2 cm³/mol. The van der Waals surface area contributed by atoms with Crippen molar-refractivity contribution in [1.82, 2.24) is 0 Å². The maximum Gasteiger partial charge on any atom is 0.340 e. The number of hydrogen-bond acceptors (Lipinski definition) is 5. The fourth-order valence-corrected chi connectivity index (χ4v) is 4.45. The number of esters is 1. The van der Waals surface area contributed by atoms with Crippen LogP contribution in [0.2, 0.25) is 0 Å². The molecule has 1 aromatic carbocycles. The van der Waals surface area contributed by atoms with E-state index in [1.54, 1.807) is 38.1 Å². The van der Waals surface area contributed by atoms with E-state index >= 15 is 0 Å². The van der Waals surface area contributed by atoms with E-state index in [4.69, 9.17) is 4.74 Å². The Morgan fingerprint density at radius 3 is 2.52 bits per heavy atom. The smallest absolute Gasteiger partial charge is 0.340 e. The Hall–Kier alpha value is -1.89. The molecular formula is C16H21NO5S. The zero-order valence-electron chi connectivity index (χ0n) is 13.3. The highest BCUT2D eigenvalue weighted by Crippen LogP contribution is 2.29. The molecule has 0 N–H and O–H groups in total. The van der Waals surface area contributed by atoms with Crippen LogP contribution in [-0.4, -0.2) is 44.4 Å². The minimum Gasteiger partial charge on any atom is -0.462 e. The zero-order valence-corrected chi connectivity index (χ0v) is 14.1. The van der Waals surface area contributed by atoms with Crippen molar-refractivity contribution in [2.24, 2.45) is 0 Å². The lowest BCUT2D eigenvalue weighted by Crippen LogP contribution is -2.42. The van der Waals surface area contributed by atoms with Crippen LogP contribution in [0.1, 0.15) is 37.0 Å². The van der Waals surface area contributed by atoms with Gasteiger partial charge in [-0.15, -0.1) is 0 Å². The van der Waals surface area contributed by atoms with E-state index in [-0.39, 0.29) is 36.0 Å². The third-order valence-corrected chi connectivity index (χ3v) is 5.55. The molecule has 1 saturated heterocycles. The predicted octanol–water partition coefficient (Wildman–Crippen LogP) is 1.79. The standard InChI is InChI=1S/C16H21NO5S/c1-3-15(18)17(12-9-10-23(20,21)11-12)14-8-6-5-7-13(14)16(19)22-4-2/h5-8,12H,3-4,9-11H2,1-2H3. The Morgan fingerprint density at radius 1 is 1.26 bits per heavy atom. The highest BCUT2D eigenvalue weighted by atomic mass is 32.2. The summed E-state index contributed by atoms with van der Waals surface area (Å²) in [4.78, 5) is 26.0. The van der Waals surface area contributed by atoms with E-state index in [0.29, 0.717) is 12.1 Å². The second-order valence-electron chi connectivity index (χ2n) is 5.41. The van der Waals surface area contributed by atoms with Crippen molar-refractivity contribution in [3.63, 3.8) is 0 Å². The molecule has 1 aliphatic heterocycles. The van der Waals surface area contributed by atoms with Gasteiger partial charge in [-0.25, -0.2) is 13.2 Å². The maximum absolute atomic E-state index is 12.4. The Bertz CT molecular complexity index is 698. The third kappa shape index (κ3) is 3.90. The zero-order chi connectivity index (χ0) is 17.0. The number of hydrogen-bond donors (Lipinski definition) is 0. The van der Waals surface area contributed by atoms with Gasteiger partial charge in [0.05, 0.1) is 35.4 Å². The molecule has 0 saturated carbocycles. The van der Waals surface area contributed by atoms with Crippen LogP contribution in [0.4, 0.5) is 5.69 Å². The molecule has 7 heteroatoms. The van der Waals surface area contributed by atoms with Crippen LogP contribution in [0.3, 0.4) is 0 Å². The molecule has 1 aromatic rings. The largest absolute Gasteiger partial charge is 0.462 e. The second-order valence-corrected chi connectivity index (χ2v) is 7.64. The summed E-state index contributed by atoms with van der Waals surface area (Å²) in [6.45, 7) is 3.65. The highest BCUT2D eigenvalue weighted by molar-refractivity contribution is 7.91. The Morgan fingerprint density at radius 2 is 1.96 bits per heavy atom. The summed E-state index contributed by atoms with van der Waals surface area (Å²) >= 11 is 0. The average Bonchev–Trinajstić information content (AvgIpc) is 2.87. The SMILES string of the molecule is CCOC(=O)c1ccccc1N(C(=O)CC)C1CCS(=O)(=O)C1. The van der Waals surface area contributed by atoms with Crippen LogP contribution in [0.15, 0.2) is 24.3 Å². The topological polar surface area (TPSA) is 80.8 Å². The van der Waals surface area contributed by atoms with Gasteiger partial charge in [0, 0.05) is 6.42 Å². The molecule has 2 rings (SSSR count). The maximum atomic E-state index is 12.4. The van der Waals surface area contributed by atoms with Crippen LogP contribution in [0, 0.1) is 0 Å². The van der Waals surface area contributed by atoms with Gasteiger partial charge in [0.1, 0.15) is 0 Å². The molecule has 1 unspecified atom stereocenters. The van der Waals surface area contributed by atoms with Crippen LogP contribution >= 0.6 is 0 Å². The lowest BCUT2D eigenvalue weighted by Gasteiger charge is -2.29. The fraction of sp³-hybridized carbons (Fsp3) is 0.500. The number of para-hydroxylation sites is 1. The molecule has 0 spiro atoms. The van der Waals surface area contributed by atoms with Crippen molar-refractivity contribution in [2.45, 2.75) is 32.7 Å². The van der Waals surface area contributed by atoms with E-state index in [1.165, 1.54) is 4.90 Å². The molecule has 0 aromatic heterocycles. The van der Waals surface area contributed by atoms with Crippen molar-refractivity contribution in [1.29, 1.82) is 0 Å². The van der Waals surface area contributed by atoms with Crippen molar-refractivity contribution in [3.05, 3.63) is 29.8 Å². The number of sulfone groups is 1. The first kappa shape index (κ1) is 17.5. The molecule has 23 heavy (non-hydrogen) atoms. The molecular weight excluding hydrogens is 318 g/mol. The number of nitrogens with zero attached hydrogens (tertiary/aromatic N) is 1. The van der Waals surface area contributed by atoms with Gasteiger partial charge in [-0.1, -0.05) is 19.1 Å². The lowest BCUT2D eigenvalue weighted by molar-refractivity contribution is -0.118. The second kappa shape index (κ2) is 7.12. The number of carbonyl (C=O) groups excluding carboxylic acids is 2. The van der Waals surface area contributed by atoms with E-state index in [2.05, 4.69) is 0 Å². The van der Waals surface area contributed by atoms with Crippen molar-refractivity contribution in [3.8, 4) is 0 Å². The van der Waals surface area contributed by atoms with E-state index < -0.39 is 21.8 Å². The summed E-state index contributed by atoms with van der Waals surface area (Å²) in [5.41, 5.74) is 0.695. The van der Waals surface area contributed by atoms with Gasteiger partial charge in [0.2, 0.25) is 5.91 Å². The Labute approximate surface area is 136 Å². The summed E-state index contributed by atoms with van der Waals surface area (Å²) in [5.74, 6) is -0.732. The first-order valence-electron chi connectivity index (χ1n) is 7.68. The number of anilines is 1. The summed E-state index contributed by atoms with van der Waals surface area (Å²) in [5, 5.41) is 0. The number of ether oxygens (including phenoxy) is 1. The molecule has 1 fully saturated rings. The summed E-state index contributed by atoms with van der Waals surface area (Å²) < 4.78 is 28.6. The molecule has 1 atom stereocenters. The molecule has 126 valence electrons. The Balaban J connectivity index is 2.45. The van der Waals surface area contributed by atoms with Gasteiger partial charge >= 0.3 is 5.97 Å². The van der Waals surface area contributed by atoms with Crippen LogP contribution in [0.25, 0.3) is 0 Å². The van der Waals surface area contributed by atoms with Gasteiger partial charge in [-0.3, -0.25) is 4.79 Å². The van der Waals surface area contributed by atoms with Gasteiger partial charge in [-0.2, -0.15) is 0 Å². The first-order chi connectivity index (χ1) is 10.9. The average molecular weight is 339 g/mol. The van der Waals surface area contributed by atoms with Crippen LogP contribution in [-0.2, 0) is 19.4 Å². The normalized spacial score (nSPS) is 19.3. The van der Waals surface area contributed by atoms with E-state index in [0.717, 1.165) is 0 Å². The monoisotopic (exact) mass is 339 g/mol. The van der Waals surface area contributed by atoms with E-state index in [1.807, 2.05) is 0 Å². The molecule has 1 heterocycles. The van der Waals surface area contributed by atoms with Gasteiger partial charge in [0.15, 0.2) is 9.84 Å². The van der Waals surface area contributed by atoms with Crippen LogP contribution < -0.4 is 4.90 Å². The molecule has 0 bridgehead atoms. The minimum absolute atomic E-state index is 0.0622. The van der Waals surface area contributed by atoms with Gasteiger partial charge < -0.3 is 9.64 Å². The van der Waals surface area contributed by atoms with Gasteiger partial charge in [-0.05, 0) is 25.5 Å². The lowest BCUT2D eigenvalue weighted by atomic mass is 10.1. The first-order valence-corrected chi connectivity index (χ1v) is 9.50. The van der Waals surface area contributed by atoms with Crippen molar-refractivity contribution >= 4 is 27.4 Å². The van der Waals surface area contributed by atoms with Crippen molar-refractivity contribution < 1.29 is 22.7 Å². The molecule has 6 nitrogen and oxygen atoms in total. The molecule has 0 radical (unpaired) electrons. The quantitative estimate of drug-likeness (QED) is 0.764. The summed E-state index contributed by atoms with van der Waals surface area (Å²) in [6, 6.07) is 6.22.